The molecule has 1 atom stereocenters. The Bertz CT molecular complexity index is 614. The summed E-state index contributed by atoms with van der Waals surface area (Å²) in [5.74, 6) is 1.79. The Morgan fingerprint density at radius 3 is 2.62 bits per heavy atom. The van der Waals surface area contributed by atoms with Gasteiger partial charge in [0.25, 0.3) is 0 Å². The summed E-state index contributed by atoms with van der Waals surface area (Å²) in [6.45, 7) is 7.89. The van der Waals surface area contributed by atoms with Crippen LogP contribution < -0.4 is 4.74 Å². The van der Waals surface area contributed by atoms with Crippen molar-refractivity contribution in [3.05, 3.63) is 29.7 Å². The molecule has 0 fully saturated rings. The molecule has 1 aromatic heterocycles. The van der Waals surface area contributed by atoms with E-state index in [-0.39, 0.29) is 5.41 Å². The topological polar surface area (TPSA) is 68.4 Å². The Morgan fingerprint density at radius 1 is 1.33 bits per heavy atom. The highest BCUT2D eigenvalue weighted by molar-refractivity contribution is 5.58. The van der Waals surface area contributed by atoms with E-state index in [1.54, 1.807) is 7.11 Å². The number of aryl methyl sites for hydroxylation is 1. The molecule has 2 aromatic rings. The number of aromatic nitrogens is 2. The van der Waals surface area contributed by atoms with Gasteiger partial charge in [-0.2, -0.15) is 4.98 Å². The minimum atomic E-state index is -0.525. The van der Waals surface area contributed by atoms with Crippen LogP contribution in [0.1, 0.15) is 32.2 Å². The number of hydrogen-bond acceptors (Lipinski definition) is 5. The maximum absolute atomic E-state index is 10.1. The summed E-state index contributed by atoms with van der Waals surface area (Å²) in [6, 6.07) is 5.72. The molecular weight excluding hydrogens is 268 g/mol. The molecule has 5 heteroatoms. The number of rotatable bonds is 4. The molecular formula is C16H22N2O3. The molecule has 1 unspecified atom stereocenters. The van der Waals surface area contributed by atoms with E-state index in [4.69, 9.17) is 9.26 Å². The zero-order chi connectivity index (χ0) is 15.6. The number of methoxy groups -OCH3 is 1. The van der Waals surface area contributed by atoms with Crippen LogP contribution in [0.5, 0.6) is 5.75 Å². The number of ether oxygens (including phenoxy) is 1. The van der Waals surface area contributed by atoms with Crippen LogP contribution in [0.15, 0.2) is 22.7 Å². The number of aliphatic hydroxyl groups is 1. The smallest absolute Gasteiger partial charge is 0.229 e. The molecule has 2 rings (SSSR count). The monoisotopic (exact) mass is 290 g/mol. The van der Waals surface area contributed by atoms with Crippen LogP contribution in [-0.4, -0.2) is 28.5 Å². The minimum Gasteiger partial charge on any atom is -0.496 e. The van der Waals surface area contributed by atoms with Crippen LogP contribution in [0.25, 0.3) is 11.4 Å². The molecule has 0 amide bonds. The van der Waals surface area contributed by atoms with Gasteiger partial charge in [0.1, 0.15) is 5.75 Å². The van der Waals surface area contributed by atoms with E-state index >= 15 is 0 Å². The lowest BCUT2D eigenvalue weighted by Gasteiger charge is -2.24. The van der Waals surface area contributed by atoms with E-state index in [1.807, 2.05) is 45.9 Å². The molecule has 0 aliphatic carbocycles. The van der Waals surface area contributed by atoms with E-state index in [1.165, 1.54) is 0 Å². The molecule has 0 aliphatic heterocycles. The van der Waals surface area contributed by atoms with Gasteiger partial charge >= 0.3 is 0 Å². The fourth-order valence-electron chi connectivity index (χ4n) is 1.94. The largest absolute Gasteiger partial charge is 0.496 e. The SMILES string of the molecule is COc1ccc(-c2noc(CC(O)C(C)(C)C)n2)cc1C. The Labute approximate surface area is 125 Å². The first-order valence-corrected chi connectivity index (χ1v) is 6.97. The third-order valence-electron chi connectivity index (χ3n) is 3.49. The second kappa shape index (κ2) is 5.85. The van der Waals surface area contributed by atoms with Gasteiger partial charge in [-0.25, -0.2) is 0 Å². The summed E-state index contributed by atoms with van der Waals surface area (Å²) in [4.78, 5) is 4.35. The molecule has 0 aliphatic rings. The van der Waals surface area contributed by atoms with E-state index in [0.717, 1.165) is 16.9 Å². The Balaban J connectivity index is 2.18. The average Bonchev–Trinajstić information content (AvgIpc) is 2.86. The molecule has 1 N–H and O–H groups in total. The summed E-state index contributed by atoms with van der Waals surface area (Å²) in [5.41, 5.74) is 1.66. The lowest BCUT2D eigenvalue weighted by molar-refractivity contribution is 0.0565. The normalized spacial score (nSPS) is 13.2. The standard InChI is InChI=1S/C16H22N2O3/c1-10-8-11(6-7-12(10)20-5)15-17-14(21-18-15)9-13(19)16(2,3)4/h6-8,13,19H,9H2,1-5H3. The molecule has 1 heterocycles. The first kappa shape index (κ1) is 15.5. The Hall–Kier alpha value is -1.88. The van der Waals surface area contributed by atoms with Gasteiger partial charge in [0.05, 0.1) is 19.6 Å². The molecule has 0 bridgehead atoms. The van der Waals surface area contributed by atoms with Crippen LogP contribution in [0.2, 0.25) is 0 Å². The molecule has 5 nitrogen and oxygen atoms in total. The van der Waals surface area contributed by atoms with Crippen molar-refractivity contribution in [2.45, 2.75) is 40.2 Å². The molecule has 21 heavy (non-hydrogen) atoms. The van der Waals surface area contributed by atoms with Gasteiger partial charge in [0, 0.05) is 5.56 Å². The maximum atomic E-state index is 10.1. The third-order valence-corrected chi connectivity index (χ3v) is 3.49. The van der Waals surface area contributed by atoms with Crippen LogP contribution in [0.4, 0.5) is 0 Å². The second-order valence-corrected chi connectivity index (χ2v) is 6.28. The van der Waals surface area contributed by atoms with Crippen molar-refractivity contribution in [3.8, 4) is 17.1 Å². The maximum Gasteiger partial charge on any atom is 0.229 e. The fraction of sp³-hybridized carbons (Fsp3) is 0.500. The predicted molar refractivity (Wildman–Crippen MR) is 80.2 cm³/mol. The van der Waals surface area contributed by atoms with Crippen molar-refractivity contribution >= 4 is 0 Å². The minimum absolute atomic E-state index is 0.217. The van der Waals surface area contributed by atoms with Crippen molar-refractivity contribution in [1.82, 2.24) is 10.1 Å². The Morgan fingerprint density at radius 2 is 2.05 bits per heavy atom. The van der Waals surface area contributed by atoms with Gasteiger partial charge < -0.3 is 14.4 Å². The van der Waals surface area contributed by atoms with E-state index < -0.39 is 6.10 Å². The van der Waals surface area contributed by atoms with Crippen molar-refractivity contribution in [2.75, 3.05) is 7.11 Å². The first-order chi connectivity index (χ1) is 9.81. The highest BCUT2D eigenvalue weighted by Gasteiger charge is 2.24. The fourth-order valence-corrected chi connectivity index (χ4v) is 1.94. The van der Waals surface area contributed by atoms with Crippen molar-refractivity contribution in [2.24, 2.45) is 5.41 Å². The van der Waals surface area contributed by atoms with Crippen LogP contribution in [0.3, 0.4) is 0 Å². The summed E-state index contributed by atoms with van der Waals surface area (Å²) in [6.07, 6.45) is -0.172. The summed E-state index contributed by atoms with van der Waals surface area (Å²) < 4.78 is 10.5. The highest BCUT2D eigenvalue weighted by atomic mass is 16.5. The molecule has 0 saturated carbocycles. The average molecular weight is 290 g/mol. The zero-order valence-electron chi connectivity index (χ0n) is 13.2. The molecule has 0 spiro atoms. The lowest BCUT2D eigenvalue weighted by atomic mass is 9.87. The third kappa shape index (κ3) is 3.61. The Kier molecular flexibility index (Phi) is 4.32. The van der Waals surface area contributed by atoms with Crippen molar-refractivity contribution < 1.29 is 14.4 Å². The highest BCUT2D eigenvalue weighted by Crippen LogP contribution is 2.26. The predicted octanol–water partition coefficient (Wildman–Crippen LogP) is 3.00. The number of hydrogen-bond donors (Lipinski definition) is 1. The number of benzene rings is 1. The van der Waals surface area contributed by atoms with Gasteiger partial charge in [-0.3, -0.25) is 0 Å². The van der Waals surface area contributed by atoms with E-state index in [0.29, 0.717) is 18.1 Å². The van der Waals surface area contributed by atoms with Gasteiger partial charge in [0.15, 0.2) is 0 Å². The van der Waals surface area contributed by atoms with Gasteiger partial charge in [-0.15, -0.1) is 0 Å². The summed E-state index contributed by atoms with van der Waals surface area (Å²) in [5, 5.41) is 14.1. The molecule has 114 valence electrons. The van der Waals surface area contributed by atoms with Crippen LogP contribution in [-0.2, 0) is 6.42 Å². The van der Waals surface area contributed by atoms with Crippen molar-refractivity contribution in [1.29, 1.82) is 0 Å². The molecule has 0 saturated heterocycles. The number of nitrogens with zero attached hydrogens (tertiary/aromatic N) is 2. The van der Waals surface area contributed by atoms with Crippen LogP contribution in [0, 0.1) is 12.3 Å². The molecule has 0 radical (unpaired) electrons. The first-order valence-electron chi connectivity index (χ1n) is 6.97. The molecule has 1 aromatic carbocycles. The van der Waals surface area contributed by atoms with E-state index in [2.05, 4.69) is 10.1 Å². The quantitative estimate of drug-likeness (QED) is 0.937. The summed E-state index contributed by atoms with van der Waals surface area (Å²) in [7, 11) is 1.64. The van der Waals surface area contributed by atoms with Gasteiger partial charge in [-0.05, 0) is 36.1 Å². The zero-order valence-corrected chi connectivity index (χ0v) is 13.2. The number of aliphatic hydroxyl groups excluding tert-OH is 1. The van der Waals surface area contributed by atoms with Crippen LogP contribution >= 0.6 is 0 Å². The van der Waals surface area contributed by atoms with Gasteiger partial charge in [0.2, 0.25) is 11.7 Å². The van der Waals surface area contributed by atoms with E-state index in [9.17, 15) is 5.11 Å². The lowest BCUT2D eigenvalue weighted by Crippen LogP contribution is -2.28. The van der Waals surface area contributed by atoms with Crippen molar-refractivity contribution in [3.63, 3.8) is 0 Å². The summed E-state index contributed by atoms with van der Waals surface area (Å²) >= 11 is 0. The van der Waals surface area contributed by atoms with Gasteiger partial charge in [-0.1, -0.05) is 25.9 Å². The second-order valence-electron chi connectivity index (χ2n) is 6.28.